The number of rotatable bonds is 9. The first-order valence-electron chi connectivity index (χ1n) is 12.2. The summed E-state index contributed by atoms with van der Waals surface area (Å²) in [5.74, 6) is -1.14. The van der Waals surface area contributed by atoms with Crippen molar-refractivity contribution in [3.63, 3.8) is 0 Å². The van der Waals surface area contributed by atoms with Crippen LogP contribution in [0.1, 0.15) is 31.8 Å². The number of carbonyl (C=O) groups excluding carboxylic acids is 3. The number of esters is 1. The monoisotopic (exact) mass is 529 g/mol. The highest BCUT2D eigenvalue weighted by Gasteiger charge is 2.26. The molecule has 39 heavy (non-hydrogen) atoms. The van der Waals surface area contributed by atoms with Crippen LogP contribution in [0.2, 0.25) is 0 Å². The number of amides is 1. The quantitative estimate of drug-likeness (QED) is 0.234. The van der Waals surface area contributed by atoms with Crippen molar-refractivity contribution < 1.29 is 33.0 Å². The van der Waals surface area contributed by atoms with Crippen molar-refractivity contribution in [2.45, 2.75) is 19.4 Å². The summed E-state index contributed by atoms with van der Waals surface area (Å²) in [4.78, 5) is 37.4. The number of aldehydes is 1. The minimum atomic E-state index is -1.07. The van der Waals surface area contributed by atoms with Gasteiger partial charge in [0, 0.05) is 6.42 Å². The highest BCUT2D eigenvalue weighted by molar-refractivity contribution is 6.03. The summed E-state index contributed by atoms with van der Waals surface area (Å²) < 4.78 is 30.6. The van der Waals surface area contributed by atoms with Crippen molar-refractivity contribution >= 4 is 28.9 Å². The molecule has 4 aromatic carbocycles. The number of hydrogen-bond acceptors (Lipinski definition) is 6. The molecule has 0 aliphatic carbocycles. The first-order valence-corrected chi connectivity index (χ1v) is 12.2. The van der Waals surface area contributed by atoms with Crippen molar-refractivity contribution in [3.8, 4) is 22.6 Å². The van der Waals surface area contributed by atoms with Crippen molar-refractivity contribution in [1.82, 2.24) is 5.32 Å². The normalized spacial score (nSPS) is 11.5. The average molecular weight is 530 g/mol. The maximum Gasteiger partial charge on any atom is 0.328 e. The second-order valence-corrected chi connectivity index (χ2v) is 8.89. The van der Waals surface area contributed by atoms with E-state index in [9.17, 15) is 18.8 Å². The van der Waals surface area contributed by atoms with E-state index in [1.54, 1.807) is 25.1 Å². The van der Waals surface area contributed by atoms with Crippen LogP contribution >= 0.6 is 0 Å². The third-order valence-corrected chi connectivity index (χ3v) is 6.65. The molecule has 0 heterocycles. The van der Waals surface area contributed by atoms with E-state index in [-0.39, 0.29) is 12.0 Å². The molecule has 0 fully saturated rings. The Labute approximate surface area is 225 Å². The summed E-state index contributed by atoms with van der Waals surface area (Å²) in [6.07, 6.45) is 0.814. The van der Waals surface area contributed by atoms with E-state index in [1.807, 2.05) is 36.4 Å². The minimum Gasteiger partial charge on any atom is -0.496 e. The molecule has 1 N–H and O–H groups in total. The summed E-state index contributed by atoms with van der Waals surface area (Å²) in [5, 5.41) is 4.27. The van der Waals surface area contributed by atoms with E-state index in [1.165, 1.54) is 33.5 Å². The number of ether oxygens (including phenoxy) is 3. The first-order chi connectivity index (χ1) is 18.8. The molecule has 0 aliphatic rings. The molecule has 0 aromatic heterocycles. The molecular weight excluding hydrogens is 501 g/mol. The largest absolute Gasteiger partial charge is 0.496 e. The van der Waals surface area contributed by atoms with Gasteiger partial charge in [-0.05, 0) is 52.6 Å². The van der Waals surface area contributed by atoms with Gasteiger partial charge < -0.3 is 19.5 Å². The van der Waals surface area contributed by atoms with E-state index >= 15 is 0 Å². The molecule has 1 atom stereocenters. The van der Waals surface area contributed by atoms with E-state index < -0.39 is 23.7 Å². The lowest BCUT2D eigenvalue weighted by Gasteiger charge is -2.20. The molecule has 0 saturated heterocycles. The molecule has 0 saturated carbocycles. The predicted molar refractivity (Wildman–Crippen MR) is 146 cm³/mol. The number of halogens is 1. The summed E-state index contributed by atoms with van der Waals surface area (Å²) in [6, 6.07) is 17.8. The first kappa shape index (κ1) is 27.3. The van der Waals surface area contributed by atoms with Gasteiger partial charge in [-0.15, -0.1) is 0 Å². The van der Waals surface area contributed by atoms with Crippen LogP contribution in [0.5, 0.6) is 11.5 Å². The molecule has 4 aromatic rings. The number of carbonyl (C=O) groups is 3. The van der Waals surface area contributed by atoms with Gasteiger partial charge in [0.15, 0.2) is 6.29 Å². The van der Waals surface area contributed by atoms with Crippen LogP contribution in [0.3, 0.4) is 0 Å². The Morgan fingerprint density at radius 2 is 1.64 bits per heavy atom. The van der Waals surface area contributed by atoms with E-state index in [4.69, 9.17) is 14.2 Å². The fourth-order valence-electron chi connectivity index (χ4n) is 4.80. The van der Waals surface area contributed by atoms with E-state index in [2.05, 4.69) is 5.32 Å². The van der Waals surface area contributed by atoms with Crippen LogP contribution in [0.15, 0.2) is 66.7 Å². The lowest BCUT2D eigenvalue weighted by atomic mass is 9.91. The number of methoxy groups -OCH3 is 3. The van der Waals surface area contributed by atoms with Gasteiger partial charge in [-0.3, -0.25) is 9.59 Å². The fraction of sp³-hybridized carbons (Fsp3) is 0.194. The average Bonchev–Trinajstić information content (AvgIpc) is 2.95. The lowest BCUT2D eigenvalue weighted by molar-refractivity contribution is -0.142. The molecule has 200 valence electrons. The van der Waals surface area contributed by atoms with Gasteiger partial charge in [0.25, 0.3) is 5.91 Å². The Balaban J connectivity index is 1.80. The van der Waals surface area contributed by atoms with E-state index in [0.29, 0.717) is 28.2 Å². The Morgan fingerprint density at radius 1 is 0.923 bits per heavy atom. The molecule has 4 rings (SSSR count). The van der Waals surface area contributed by atoms with Crippen LogP contribution in [0.25, 0.3) is 21.9 Å². The smallest absolute Gasteiger partial charge is 0.328 e. The molecule has 0 spiro atoms. The van der Waals surface area contributed by atoms with Crippen LogP contribution in [-0.2, 0) is 16.0 Å². The molecule has 1 amide bonds. The van der Waals surface area contributed by atoms with Gasteiger partial charge >= 0.3 is 5.97 Å². The summed E-state index contributed by atoms with van der Waals surface area (Å²) in [5.41, 5.74) is 2.82. The Bertz CT molecular complexity index is 1540. The molecule has 0 bridgehead atoms. The summed E-state index contributed by atoms with van der Waals surface area (Å²) in [6.45, 7) is 1.62. The fourth-order valence-corrected chi connectivity index (χ4v) is 4.80. The summed E-state index contributed by atoms with van der Waals surface area (Å²) in [7, 11) is 4.26. The number of benzene rings is 4. The lowest BCUT2D eigenvalue weighted by Crippen LogP contribution is -2.43. The maximum absolute atomic E-state index is 14.4. The standard InChI is InChI=1S/C31H28FNO6/c1-18-8-5-13-24(32)27(18)30(35)33-25(31(36)39-4)16-19-9-6-11-22-21(19)10-7-12-23(22)28-26(37-2)15-14-20(17-34)29(28)38-3/h5-15,17,25H,16H2,1-4H3,(H,33,35)/t25-/m0/s1. The van der Waals surface area contributed by atoms with Gasteiger partial charge in [0.2, 0.25) is 0 Å². The van der Waals surface area contributed by atoms with Gasteiger partial charge in [-0.25, -0.2) is 9.18 Å². The number of aryl methyl sites for hydroxylation is 1. The topological polar surface area (TPSA) is 90.9 Å². The van der Waals surface area contributed by atoms with Crippen LogP contribution < -0.4 is 14.8 Å². The van der Waals surface area contributed by atoms with Crippen molar-refractivity contribution in [2.75, 3.05) is 21.3 Å². The predicted octanol–water partition coefficient (Wildman–Crippen LogP) is 5.30. The zero-order chi connectivity index (χ0) is 28.1. The third-order valence-electron chi connectivity index (χ3n) is 6.65. The number of fused-ring (bicyclic) bond motifs is 1. The third kappa shape index (κ3) is 5.31. The Kier molecular flexibility index (Phi) is 8.24. The molecule has 0 radical (unpaired) electrons. The van der Waals surface area contributed by atoms with Gasteiger partial charge in [0.05, 0.1) is 38.0 Å². The number of hydrogen-bond donors (Lipinski definition) is 1. The molecule has 0 aliphatic heterocycles. The van der Waals surface area contributed by atoms with Crippen molar-refractivity contribution in [3.05, 3.63) is 94.8 Å². The Morgan fingerprint density at radius 3 is 2.31 bits per heavy atom. The van der Waals surface area contributed by atoms with Gasteiger partial charge in [-0.1, -0.05) is 48.5 Å². The van der Waals surface area contributed by atoms with Gasteiger partial charge in [-0.2, -0.15) is 0 Å². The van der Waals surface area contributed by atoms with Crippen LogP contribution in [0, 0.1) is 12.7 Å². The second-order valence-electron chi connectivity index (χ2n) is 8.89. The molecule has 8 heteroatoms. The highest BCUT2D eigenvalue weighted by atomic mass is 19.1. The van der Waals surface area contributed by atoms with E-state index in [0.717, 1.165) is 28.2 Å². The molecule has 7 nitrogen and oxygen atoms in total. The molecule has 0 unspecified atom stereocenters. The summed E-state index contributed by atoms with van der Waals surface area (Å²) >= 11 is 0. The van der Waals surface area contributed by atoms with Crippen molar-refractivity contribution in [1.29, 1.82) is 0 Å². The SMILES string of the molecule is COC(=O)[C@H](Cc1cccc2c(-c3c(OC)ccc(C=O)c3OC)cccc12)NC(=O)c1c(C)cccc1F. The minimum absolute atomic E-state index is 0.0926. The van der Waals surface area contributed by atoms with Gasteiger partial charge in [0.1, 0.15) is 23.4 Å². The zero-order valence-corrected chi connectivity index (χ0v) is 22.0. The second kappa shape index (κ2) is 11.8. The highest BCUT2D eigenvalue weighted by Crippen LogP contribution is 2.43. The Hall–Kier alpha value is -4.72. The molecular formula is C31H28FNO6. The van der Waals surface area contributed by atoms with Crippen LogP contribution in [-0.4, -0.2) is 45.5 Å². The maximum atomic E-state index is 14.4. The van der Waals surface area contributed by atoms with Crippen molar-refractivity contribution in [2.24, 2.45) is 0 Å². The van der Waals surface area contributed by atoms with Crippen LogP contribution in [0.4, 0.5) is 4.39 Å². The zero-order valence-electron chi connectivity index (χ0n) is 22.0. The number of nitrogens with one attached hydrogen (secondary N) is 1.